The molecule has 90 valence electrons. The van der Waals surface area contributed by atoms with Gasteiger partial charge in [0.2, 0.25) is 0 Å². The van der Waals surface area contributed by atoms with Crippen LogP contribution in [0.15, 0.2) is 0 Å². The second-order valence-corrected chi connectivity index (χ2v) is 5.07. The van der Waals surface area contributed by atoms with E-state index in [4.69, 9.17) is 4.74 Å². The van der Waals surface area contributed by atoms with Crippen molar-refractivity contribution in [2.45, 2.75) is 46.3 Å². The molecule has 0 saturated heterocycles. The lowest BCUT2D eigenvalue weighted by Gasteiger charge is -2.22. The lowest BCUT2D eigenvalue weighted by Crippen LogP contribution is -2.42. The fraction of sp³-hybridized carbons (Fsp3) is 0.909. The van der Waals surface area contributed by atoms with Crippen molar-refractivity contribution in [2.75, 3.05) is 13.2 Å². The highest BCUT2D eigenvalue weighted by molar-refractivity contribution is 5.71. The number of aliphatic hydroxyl groups is 1. The summed E-state index contributed by atoms with van der Waals surface area (Å²) in [5.41, 5.74) is -0.0387. The first-order chi connectivity index (χ1) is 6.72. The Labute approximate surface area is 92.0 Å². The molecule has 0 amide bonds. The molecular formula is C11H23NO3. The van der Waals surface area contributed by atoms with E-state index < -0.39 is 6.10 Å². The summed E-state index contributed by atoms with van der Waals surface area (Å²) in [6.45, 7) is 10.1. The van der Waals surface area contributed by atoms with Crippen LogP contribution in [0.2, 0.25) is 0 Å². The molecule has 0 aromatic heterocycles. The number of aliphatic hydroxyl groups excluding tert-OH is 1. The molecule has 0 fully saturated rings. The molecule has 0 aliphatic rings. The molecule has 2 N–H and O–H groups in total. The lowest BCUT2D eigenvalue weighted by molar-refractivity contribution is -0.150. The van der Waals surface area contributed by atoms with Gasteiger partial charge >= 0.3 is 5.97 Å². The van der Waals surface area contributed by atoms with Gasteiger partial charge in [-0.3, -0.25) is 4.79 Å². The van der Waals surface area contributed by atoms with Crippen molar-refractivity contribution in [3.63, 3.8) is 0 Å². The summed E-state index contributed by atoms with van der Waals surface area (Å²) in [6.07, 6.45) is -0.646. The van der Waals surface area contributed by atoms with Crippen LogP contribution in [0.25, 0.3) is 0 Å². The van der Waals surface area contributed by atoms with Gasteiger partial charge in [-0.2, -0.15) is 0 Å². The average Bonchev–Trinajstić information content (AvgIpc) is 2.09. The Hall–Kier alpha value is -0.610. The van der Waals surface area contributed by atoms with Gasteiger partial charge in [-0.1, -0.05) is 13.8 Å². The normalized spacial score (nSPS) is 14.1. The average molecular weight is 217 g/mol. The molecule has 0 aromatic carbocycles. The minimum Gasteiger partial charge on any atom is -0.463 e. The standard InChI is InChI=1S/C11H23NO3/c1-8(2)10(14)15-7-9(13)6-12-11(3,4)5/h8-9,12-13H,6-7H2,1-5H3. The predicted molar refractivity (Wildman–Crippen MR) is 59.6 cm³/mol. The maximum atomic E-state index is 11.1. The molecule has 15 heavy (non-hydrogen) atoms. The van der Waals surface area contributed by atoms with Crippen LogP contribution in [0.1, 0.15) is 34.6 Å². The first-order valence-electron chi connectivity index (χ1n) is 5.32. The van der Waals surface area contributed by atoms with Crippen LogP contribution in [-0.4, -0.2) is 35.9 Å². The van der Waals surface area contributed by atoms with Gasteiger partial charge in [-0.25, -0.2) is 0 Å². The smallest absolute Gasteiger partial charge is 0.308 e. The van der Waals surface area contributed by atoms with Gasteiger partial charge in [-0.05, 0) is 20.8 Å². The highest BCUT2D eigenvalue weighted by Gasteiger charge is 2.14. The Kier molecular flexibility index (Phi) is 5.83. The van der Waals surface area contributed by atoms with Crippen molar-refractivity contribution >= 4 is 5.97 Å². The number of carbonyl (C=O) groups excluding carboxylic acids is 1. The molecule has 0 heterocycles. The molecule has 0 aliphatic heterocycles. The molecular weight excluding hydrogens is 194 g/mol. The van der Waals surface area contributed by atoms with Crippen LogP contribution < -0.4 is 5.32 Å². The van der Waals surface area contributed by atoms with E-state index in [2.05, 4.69) is 5.32 Å². The number of ether oxygens (including phenoxy) is 1. The van der Waals surface area contributed by atoms with Gasteiger partial charge in [0.1, 0.15) is 12.7 Å². The van der Waals surface area contributed by atoms with Gasteiger partial charge < -0.3 is 15.2 Å². The van der Waals surface area contributed by atoms with E-state index in [0.717, 1.165) is 0 Å². The van der Waals surface area contributed by atoms with Crippen molar-refractivity contribution in [1.29, 1.82) is 0 Å². The molecule has 4 heteroatoms. The first kappa shape index (κ1) is 14.4. The number of hydrogen-bond acceptors (Lipinski definition) is 4. The zero-order valence-corrected chi connectivity index (χ0v) is 10.3. The number of hydrogen-bond donors (Lipinski definition) is 2. The predicted octanol–water partition coefficient (Wildman–Crippen LogP) is 0.935. The number of esters is 1. The molecule has 0 bridgehead atoms. The fourth-order valence-corrected chi connectivity index (χ4v) is 0.828. The summed E-state index contributed by atoms with van der Waals surface area (Å²) in [6, 6.07) is 0. The van der Waals surface area contributed by atoms with Gasteiger partial charge in [0.15, 0.2) is 0 Å². The summed E-state index contributed by atoms with van der Waals surface area (Å²) in [5.74, 6) is -0.419. The Morgan fingerprint density at radius 1 is 1.40 bits per heavy atom. The third kappa shape index (κ3) is 8.39. The molecule has 0 spiro atoms. The second-order valence-electron chi connectivity index (χ2n) is 5.07. The van der Waals surface area contributed by atoms with E-state index in [1.54, 1.807) is 13.8 Å². The quantitative estimate of drug-likeness (QED) is 0.673. The largest absolute Gasteiger partial charge is 0.463 e. The van der Waals surface area contributed by atoms with Gasteiger partial charge in [-0.15, -0.1) is 0 Å². The molecule has 0 aromatic rings. The van der Waals surface area contributed by atoms with Crippen LogP contribution in [0, 0.1) is 5.92 Å². The second kappa shape index (κ2) is 6.08. The lowest BCUT2D eigenvalue weighted by atomic mass is 10.1. The SMILES string of the molecule is CC(C)C(=O)OCC(O)CNC(C)(C)C. The Morgan fingerprint density at radius 2 is 1.93 bits per heavy atom. The van der Waals surface area contributed by atoms with E-state index in [9.17, 15) is 9.90 Å². The highest BCUT2D eigenvalue weighted by atomic mass is 16.5. The van der Waals surface area contributed by atoms with Crippen LogP contribution in [0.3, 0.4) is 0 Å². The van der Waals surface area contributed by atoms with E-state index in [0.29, 0.717) is 6.54 Å². The first-order valence-corrected chi connectivity index (χ1v) is 5.32. The Bertz CT molecular complexity index is 196. The van der Waals surface area contributed by atoms with E-state index in [1.807, 2.05) is 20.8 Å². The molecule has 0 aliphatic carbocycles. The van der Waals surface area contributed by atoms with Gasteiger partial charge in [0, 0.05) is 12.1 Å². The van der Waals surface area contributed by atoms with E-state index in [-0.39, 0.29) is 24.0 Å². The van der Waals surface area contributed by atoms with Crippen LogP contribution in [0.5, 0.6) is 0 Å². The van der Waals surface area contributed by atoms with Crippen molar-refractivity contribution < 1.29 is 14.6 Å². The van der Waals surface area contributed by atoms with Crippen molar-refractivity contribution in [1.82, 2.24) is 5.32 Å². The minimum absolute atomic E-state index is 0.0387. The summed E-state index contributed by atoms with van der Waals surface area (Å²) in [5, 5.41) is 12.6. The maximum absolute atomic E-state index is 11.1. The molecule has 0 saturated carbocycles. The fourth-order valence-electron chi connectivity index (χ4n) is 0.828. The monoisotopic (exact) mass is 217 g/mol. The topological polar surface area (TPSA) is 58.6 Å². The molecule has 4 nitrogen and oxygen atoms in total. The zero-order valence-electron chi connectivity index (χ0n) is 10.3. The molecule has 1 unspecified atom stereocenters. The summed E-state index contributed by atoms with van der Waals surface area (Å²) in [4.78, 5) is 11.1. The highest BCUT2D eigenvalue weighted by Crippen LogP contribution is 2.00. The number of nitrogens with one attached hydrogen (secondary N) is 1. The van der Waals surface area contributed by atoms with Crippen LogP contribution >= 0.6 is 0 Å². The minimum atomic E-state index is -0.646. The zero-order chi connectivity index (χ0) is 12.1. The van der Waals surface area contributed by atoms with Crippen molar-refractivity contribution in [3.8, 4) is 0 Å². The molecule has 1 atom stereocenters. The third-order valence-electron chi connectivity index (χ3n) is 1.76. The van der Waals surface area contributed by atoms with Crippen molar-refractivity contribution in [3.05, 3.63) is 0 Å². The summed E-state index contributed by atoms with van der Waals surface area (Å²) >= 11 is 0. The maximum Gasteiger partial charge on any atom is 0.308 e. The van der Waals surface area contributed by atoms with Gasteiger partial charge in [0.25, 0.3) is 0 Å². The molecule has 0 radical (unpaired) electrons. The Morgan fingerprint density at radius 3 is 2.33 bits per heavy atom. The van der Waals surface area contributed by atoms with E-state index >= 15 is 0 Å². The summed E-state index contributed by atoms with van der Waals surface area (Å²) in [7, 11) is 0. The van der Waals surface area contributed by atoms with Crippen LogP contribution in [0.4, 0.5) is 0 Å². The van der Waals surface area contributed by atoms with Crippen molar-refractivity contribution in [2.24, 2.45) is 5.92 Å². The number of carbonyl (C=O) groups is 1. The third-order valence-corrected chi connectivity index (χ3v) is 1.76. The molecule has 0 rings (SSSR count). The van der Waals surface area contributed by atoms with Crippen LogP contribution in [-0.2, 0) is 9.53 Å². The number of rotatable bonds is 5. The summed E-state index contributed by atoms with van der Waals surface area (Å²) < 4.78 is 4.90. The van der Waals surface area contributed by atoms with E-state index in [1.165, 1.54) is 0 Å². The Balaban J connectivity index is 3.67. The number of β-amino-alcohol motifs (C(OH)–C–C–N with tert-alkyl or cyclic N) is 1. The van der Waals surface area contributed by atoms with Gasteiger partial charge in [0.05, 0.1) is 5.92 Å².